The maximum Gasteiger partial charge on any atom is 0.126 e. The first-order valence-corrected chi connectivity index (χ1v) is 5.19. The molecule has 0 atom stereocenters. The van der Waals surface area contributed by atoms with Gasteiger partial charge in [-0.15, -0.1) is 0 Å². The number of hydrogen-bond donors (Lipinski definition) is 1. The molecule has 0 radical (unpaired) electrons. The quantitative estimate of drug-likeness (QED) is 0.534. The van der Waals surface area contributed by atoms with E-state index in [0.717, 1.165) is 26.0 Å². The van der Waals surface area contributed by atoms with Crippen LogP contribution in [0.15, 0.2) is 4.99 Å². The van der Waals surface area contributed by atoms with E-state index in [2.05, 4.69) is 4.99 Å². The first-order chi connectivity index (χ1) is 6.25. The second-order valence-electron chi connectivity index (χ2n) is 3.49. The predicted molar refractivity (Wildman–Crippen MR) is 55.0 cm³/mol. The molecule has 1 saturated carbocycles. The summed E-state index contributed by atoms with van der Waals surface area (Å²) in [6.45, 7) is 5.49. The monoisotopic (exact) mass is 184 g/mol. The lowest BCUT2D eigenvalue weighted by molar-refractivity contribution is 0.0197. The Morgan fingerprint density at radius 1 is 1.38 bits per heavy atom. The van der Waals surface area contributed by atoms with E-state index in [1.807, 2.05) is 13.8 Å². The first kappa shape index (κ1) is 10.5. The Bertz CT molecular complexity index is 183. The third-order valence-corrected chi connectivity index (χ3v) is 2.63. The van der Waals surface area contributed by atoms with Crippen molar-refractivity contribution < 1.29 is 4.74 Å². The van der Waals surface area contributed by atoms with E-state index in [-0.39, 0.29) is 5.60 Å². The minimum absolute atomic E-state index is 0.217. The zero-order valence-electron chi connectivity index (χ0n) is 8.68. The Morgan fingerprint density at radius 2 is 2.00 bits per heavy atom. The minimum Gasteiger partial charge on any atom is -0.385 e. The zero-order valence-corrected chi connectivity index (χ0v) is 8.68. The summed E-state index contributed by atoms with van der Waals surface area (Å²) in [4.78, 5) is 4.27. The lowest BCUT2D eigenvalue weighted by Crippen LogP contribution is -2.44. The number of aliphatic imine (C=N–C) groups is 1. The molecule has 0 heterocycles. The van der Waals surface area contributed by atoms with Crippen molar-refractivity contribution in [3.05, 3.63) is 0 Å². The SMILES string of the molecule is CCN=C(N)C1(OCC)CCCC1. The van der Waals surface area contributed by atoms with E-state index >= 15 is 0 Å². The molecule has 3 heteroatoms. The third-order valence-electron chi connectivity index (χ3n) is 2.63. The van der Waals surface area contributed by atoms with E-state index in [9.17, 15) is 0 Å². The van der Waals surface area contributed by atoms with Crippen LogP contribution in [0.2, 0.25) is 0 Å². The zero-order chi connectivity index (χ0) is 9.73. The molecule has 0 spiro atoms. The summed E-state index contributed by atoms with van der Waals surface area (Å²) in [7, 11) is 0. The number of amidine groups is 1. The maximum atomic E-state index is 5.94. The van der Waals surface area contributed by atoms with Gasteiger partial charge in [0.2, 0.25) is 0 Å². The normalized spacial score (nSPS) is 22.2. The van der Waals surface area contributed by atoms with Crippen molar-refractivity contribution in [2.75, 3.05) is 13.2 Å². The van der Waals surface area contributed by atoms with Gasteiger partial charge in [0.15, 0.2) is 0 Å². The van der Waals surface area contributed by atoms with Gasteiger partial charge in [0.1, 0.15) is 11.4 Å². The van der Waals surface area contributed by atoms with Gasteiger partial charge in [0.25, 0.3) is 0 Å². The molecule has 0 unspecified atom stereocenters. The minimum atomic E-state index is -0.217. The molecule has 1 aliphatic rings. The van der Waals surface area contributed by atoms with Crippen molar-refractivity contribution in [1.29, 1.82) is 0 Å². The van der Waals surface area contributed by atoms with Crippen molar-refractivity contribution in [1.82, 2.24) is 0 Å². The van der Waals surface area contributed by atoms with Crippen LogP contribution in [-0.4, -0.2) is 24.6 Å². The van der Waals surface area contributed by atoms with Gasteiger partial charge >= 0.3 is 0 Å². The summed E-state index contributed by atoms with van der Waals surface area (Å²) >= 11 is 0. The maximum absolute atomic E-state index is 5.94. The molecule has 2 N–H and O–H groups in total. The van der Waals surface area contributed by atoms with Gasteiger partial charge in [-0.25, -0.2) is 0 Å². The Kier molecular flexibility index (Phi) is 3.72. The number of rotatable bonds is 4. The molecule has 0 aromatic rings. The first-order valence-electron chi connectivity index (χ1n) is 5.19. The van der Waals surface area contributed by atoms with E-state index in [1.165, 1.54) is 12.8 Å². The molecule has 76 valence electrons. The van der Waals surface area contributed by atoms with E-state index in [1.54, 1.807) is 0 Å². The van der Waals surface area contributed by atoms with Gasteiger partial charge in [-0.2, -0.15) is 0 Å². The van der Waals surface area contributed by atoms with Crippen LogP contribution >= 0.6 is 0 Å². The lowest BCUT2D eigenvalue weighted by atomic mass is 10.0. The molecule has 0 aromatic carbocycles. The number of ether oxygens (including phenoxy) is 1. The average Bonchev–Trinajstić information content (AvgIpc) is 2.55. The highest BCUT2D eigenvalue weighted by Crippen LogP contribution is 2.33. The summed E-state index contributed by atoms with van der Waals surface area (Å²) in [6, 6.07) is 0. The molecule has 0 amide bonds. The predicted octanol–water partition coefficient (Wildman–Crippen LogP) is 1.71. The number of hydrogen-bond acceptors (Lipinski definition) is 2. The van der Waals surface area contributed by atoms with Crippen molar-refractivity contribution in [2.45, 2.75) is 45.1 Å². The van der Waals surface area contributed by atoms with Gasteiger partial charge in [-0.05, 0) is 39.5 Å². The smallest absolute Gasteiger partial charge is 0.126 e. The summed E-state index contributed by atoms with van der Waals surface area (Å²) in [5.41, 5.74) is 5.72. The number of nitrogens with zero attached hydrogens (tertiary/aromatic N) is 1. The molecule has 13 heavy (non-hydrogen) atoms. The van der Waals surface area contributed by atoms with E-state index in [4.69, 9.17) is 10.5 Å². The Balaban J connectivity index is 2.71. The molecule has 0 aromatic heterocycles. The van der Waals surface area contributed by atoms with Crippen LogP contribution in [0.25, 0.3) is 0 Å². The van der Waals surface area contributed by atoms with Gasteiger partial charge < -0.3 is 10.5 Å². The molecule has 3 nitrogen and oxygen atoms in total. The highest BCUT2D eigenvalue weighted by molar-refractivity contribution is 5.89. The van der Waals surface area contributed by atoms with Gasteiger partial charge in [-0.3, -0.25) is 4.99 Å². The highest BCUT2D eigenvalue weighted by Gasteiger charge is 2.38. The standard InChI is InChI=1S/C10H20N2O/c1-3-12-9(11)10(13-4-2)7-5-6-8-10/h3-8H2,1-2H3,(H2,11,12). The molecule has 1 aliphatic carbocycles. The van der Waals surface area contributed by atoms with Crippen molar-refractivity contribution in [3.63, 3.8) is 0 Å². The van der Waals surface area contributed by atoms with Crippen LogP contribution in [0.5, 0.6) is 0 Å². The second-order valence-corrected chi connectivity index (χ2v) is 3.49. The van der Waals surface area contributed by atoms with E-state index in [0.29, 0.717) is 5.84 Å². The fourth-order valence-electron chi connectivity index (χ4n) is 2.01. The number of nitrogens with two attached hydrogens (primary N) is 1. The van der Waals surface area contributed by atoms with Crippen LogP contribution < -0.4 is 5.73 Å². The molecule has 0 aliphatic heterocycles. The third kappa shape index (κ3) is 2.21. The molecule has 1 fully saturated rings. The van der Waals surface area contributed by atoms with Gasteiger partial charge in [0, 0.05) is 13.2 Å². The summed E-state index contributed by atoms with van der Waals surface area (Å²) in [5.74, 6) is 0.703. The summed E-state index contributed by atoms with van der Waals surface area (Å²) in [5, 5.41) is 0. The van der Waals surface area contributed by atoms with Gasteiger partial charge in [0.05, 0.1) is 0 Å². The van der Waals surface area contributed by atoms with Crippen LogP contribution in [0, 0.1) is 0 Å². The molecule has 0 saturated heterocycles. The fraction of sp³-hybridized carbons (Fsp3) is 0.900. The van der Waals surface area contributed by atoms with E-state index < -0.39 is 0 Å². The largest absolute Gasteiger partial charge is 0.385 e. The second kappa shape index (κ2) is 4.61. The Morgan fingerprint density at radius 3 is 2.46 bits per heavy atom. The topological polar surface area (TPSA) is 47.6 Å². The summed E-state index contributed by atoms with van der Waals surface area (Å²) in [6.07, 6.45) is 4.49. The van der Waals surface area contributed by atoms with Crippen LogP contribution in [0.1, 0.15) is 39.5 Å². The fourth-order valence-corrected chi connectivity index (χ4v) is 2.01. The average molecular weight is 184 g/mol. The van der Waals surface area contributed by atoms with Crippen LogP contribution in [-0.2, 0) is 4.74 Å². The Labute approximate surface area is 80.4 Å². The van der Waals surface area contributed by atoms with Gasteiger partial charge in [-0.1, -0.05) is 0 Å². The molecule has 1 rings (SSSR count). The van der Waals surface area contributed by atoms with Crippen molar-refractivity contribution in [3.8, 4) is 0 Å². The molecular formula is C10H20N2O. The van der Waals surface area contributed by atoms with Crippen molar-refractivity contribution in [2.24, 2.45) is 10.7 Å². The summed E-state index contributed by atoms with van der Waals surface area (Å²) < 4.78 is 5.75. The van der Waals surface area contributed by atoms with Crippen molar-refractivity contribution >= 4 is 5.84 Å². The Hall–Kier alpha value is -0.570. The lowest BCUT2D eigenvalue weighted by Gasteiger charge is -2.28. The molecule has 0 bridgehead atoms. The highest BCUT2D eigenvalue weighted by atomic mass is 16.5. The van der Waals surface area contributed by atoms with Crippen LogP contribution in [0.3, 0.4) is 0 Å². The molecular weight excluding hydrogens is 164 g/mol. The van der Waals surface area contributed by atoms with Crippen LogP contribution in [0.4, 0.5) is 0 Å².